The summed E-state index contributed by atoms with van der Waals surface area (Å²) in [6, 6.07) is 3.53. The van der Waals surface area contributed by atoms with Gasteiger partial charge in [-0.2, -0.15) is 5.10 Å². The van der Waals surface area contributed by atoms with Crippen LogP contribution in [0, 0.1) is 0 Å². The molecule has 1 N–H and O–H groups in total. The number of aromatic nitrogens is 5. The highest BCUT2D eigenvalue weighted by atomic mass is 16.2. The molecule has 0 spiro atoms. The van der Waals surface area contributed by atoms with Gasteiger partial charge in [-0.1, -0.05) is 13.8 Å². The zero-order chi connectivity index (χ0) is 18.3. The Bertz CT molecular complexity index is 1020. The van der Waals surface area contributed by atoms with Crippen molar-refractivity contribution >= 4 is 17.2 Å². The summed E-state index contributed by atoms with van der Waals surface area (Å²) in [6.45, 7) is 3.88. The molecule has 1 saturated carbocycles. The van der Waals surface area contributed by atoms with E-state index in [1.807, 2.05) is 30.5 Å². The molecule has 134 valence electrons. The number of carbonyl (C=O) groups is 1. The first-order chi connectivity index (χ1) is 12.5. The molecule has 1 aliphatic carbocycles. The van der Waals surface area contributed by atoms with Gasteiger partial charge in [0, 0.05) is 18.3 Å². The predicted octanol–water partition coefficient (Wildman–Crippen LogP) is 1.93. The van der Waals surface area contributed by atoms with E-state index in [1.165, 1.54) is 22.8 Å². The number of hydrogen-bond donors (Lipinski definition) is 1. The van der Waals surface area contributed by atoms with E-state index in [-0.39, 0.29) is 23.9 Å². The van der Waals surface area contributed by atoms with Gasteiger partial charge in [-0.3, -0.25) is 14.0 Å². The Labute approximate surface area is 149 Å². The van der Waals surface area contributed by atoms with E-state index in [4.69, 9.17) is 0 Å². The van der Waals surface area contributed by atoms with Crippen LogP contribution in [0.3, 0.4) is 0 Å². The minimum Gasteiger partial charge on any atom is -0.309 e. The second-order valence-corrected chi connectivity index (χ2v) is 6.92. The van der Waals surface area contributed by atoms with Crippen LogP contribution >= 0.6 is 0 Å². The van der Waals surface area contributed by atoms with E-state index in [1.54, 1.807) is 6.07 Å². The number of amides is 1. The molecule has 0 radical (unpaired) electrons. The highest BCUT2D eigenvalue weighted by Gasteiger charge is 2.26. The van der Waals surface area contributed by atoms with Crippen molar-refractivity contribution in [3.63, 3.8) is 0 Å². The lowest BCUT2D eigenvalue weighted by molar-refractivity contribution is -0.117. The molecule has 1 amide bonds. The molecule has 0 aromatic carbocycles. The van der Waals surface area contributed by atoms with Crippen LogP contribution in [0.1, 0.15) is 49.9 Å². The number of hydrogen-bond acceptors (Lipinski definition) is 5. The molecule has 26 heavy (non-hydrogen) atoms. The molecule has 8 heteroatoms. The van der Waals surface area contributed by atoms with Crippen molar-refractivity contribution in [3.8, 4) is 0 Å². The first-order valence-corrected chi connectivity index (χ1v) is 8.72. The summed E-state index contributed by atoms with van der Waals surface area (Å²) in [5, 5.41) is 7.10. The first-order valence-electron chi connectivity index (χ1n) is 8.72. The van der Waals surface area contributed by atoms with Crippen molar-refractivity contribution in [2.24, 2.45) is 0 Å². The van der Waals surface area contributed by atoms with Gasteiger partial charge in [0.05, 0.1) is 0 Å². The molecule has 3 heterocycles. The molecule has 0 saturated heterocycles. The molecular formula is C18H20N6O2. The normalized spacial score (nSPS) is 14.1. The molecule has 0 bridgehead atoms. The van der Waals surface area contributed by atoms with Crippen LogP contribution in [0.4, 0.5) is 5.82 Å². The summed E-state index contributed by atoms with van der Waals surface area (Å²) >= 11 is 0. The second kappa shape index (κ2) is 6.36. The number of rotatable bonds is 5. The minimum atomic E-state index is -0.355. The van der Waals surface area contributed by atoms with Crippen LogP contribution in [-0.2, 0) is 11.3 Å². The fraction of sp³-hybridized carbons (Fsp3) is 0.389. The molecule has 1 aliphatic rings. The maximum atomic E-state index is 12.8. The van der Waals surface area contributed by atoms with E-state index in [9.17, 15) is 9.59 Å². The maximum Gasteiger partial charge on any atom is 0.291 e. The number of nitrogens with one attached hydrogen (secondary N) is 1. The van der Waals surface area contributed by atoms with Gasteiger partial charge < -0.3 is 5.32 Å². The summed E-state index contributed by atoms with van der Waals surface area (Å²) in [6.07, 6.45) is 7.23. The van der Waals surface area contributed by atoms with Crippen molar-refractivity contribution in [1.82, 2.24) is 24.1 Å². The van der Waals surface area contributed by atoms with Gasteiger partial charge in [0.15, 0.2) is 0 Å². The highest BCUT2D eigenvalue weighted by molar-refractivity contribution is 5.89. The van der Waals surface area contributed by atoms with E-state index in [2.05, 4.69) is 20.4 Å². The van der Waals surface area contributed by atoms with Crippen molar-refractivity contribution in [3.05, 3.63) is 52.6 Å². The Morgan fingerprint density at radius 2 is 2.19 bits per heavy atom. The third-order valence-electron chi connectivity index (χ3n) is 4.47. The lowest BCUT2D eigenvalue weighted by Gasteiger charge is -2.12. The lowest BCUT2D eigenvalue weighted by atomic mass is 10.2. The second-order valence-electron chi connectivity index (χ2n) is 6.92. The van der Waals surface area contributed by atoms with Gasteiger partial charge in [0.25, 0.3) is 5.56 Å². The Balaban J connectivity index is 1.69. The smallest absolute Gasteiger partial charge is 0.291 e. The standard InChI is InChI=1S/C18H20N6O2/c1-11(2)17-22-24(9-16(25)21-15-5-6-19-10-20-15)18(26)14-7-13(8-23(14)17)12-3-4-12/h5-8,10-12H,3-4,9H2,1-2H3,(H,19,20,21,25). The summed E-state index contributed by atoms with van der Waals surface area (Å²) in [5.41, 5.74) is 1.48. The fourth-order valence-electron chi connectivity index (χ4n) is 3.01. The quantitative estimate of drug-likeness (QED) is 0.757. The Kier molecular flexibility index (Phi) is 4.02. The Morgan fingerprint density at radius 1 is 1.38 bits per heavy atom. The van der Waals surface area contributed by atoms with Crippen LogP contribution in [0.15, 0.2) is 35.6 Å². The van der Waals surface area contributed by atoms with E-state index < -0.39 is 0 Å². The molecule has 0 aliphatic heterocycles. The first kappa shape index (κ1) is 16.4. The van der Waals surface area contributed by atoms with Crippen LogP contribution in [0.5, 0.6) is 0 Å². The van der Waals surface area contributed by atoms with Gasteiger partial charge in [-0.15, -0.1) is 0 Å². The summed E-state index contributed by atoms with van der Waals surface area (Å²) < 4.78 is 3.11. The Morgan fingerprint density at radius 3 is 2.85 bits per heavy atom. The number of anilines is 1. The van der Waals surface area contributed by atoms with Crippen LogP contribution in [0.25, 0.3) is 5.52 Å². The van der Waals surface area contributed by atoms with E-state index in [0.717, 1.165) is 18.7 Å². The summed E-state index contributed by atoms with van der Waals surface area (Å²) in [4.78, 5) is 32.9. The van der Waals surface area contributed by atoms with Gasteiger partial charge >= 0.3 is 0 Å². The van der Waals surface area contributed by atoms with Crippen LogP contribution in [-0.4, -0.2) is 30.1 Å². The van der Waals surface area contributed by atoms with Crippen molar-refractivity contribution < 1.29 is 4.79 Å². The van der Waals surface area contributed by atoms with Crippen molar-refractivity contribution in [2.75, 3.05) is 5.32 Å². The lowest BCUT2D eigenvalue weighted by Crippen LogP contribution is -2.32. The molecule has 3 aromatic rings. The van der Waals surface area contributed by atoms with Gasteiger partial charge in [-0.05, 0) is 36.5 Å². The van der Waals surface area contributed by atoms with Crippen LogP contribution < -0.4 is 10.9 Å². The average Bonchev–Trinajstić information content (AvgIpc) is 3.37. The topological polar surface area (TPSA) is 94.2 Å². The predicted molar refractivity (Wildman–Crippen MR) is 96.2 cm³/mol. The fourth-order valence-corrected chi connectivity index (χ4v) is 3.01. The highest BCUT2D eigenvalue weighted by Crippen LogP contribution is 2.40. The molecule has 0 atom stereocenters. The van der Waals surface area contributed by atoms with E-state index >= 15 is 0 Å². The number of carbonyl (C=O) groups excluding carboxylic acids is 1. The maximum absolute atomic E-state index is 12.8. The largest absolute Gasteiger partial charge is 0.309 e. The number of nitrogens with zero attached hydrogens (tertiary/aromatic N) is 5. The SMILES string of the molecule is CC(C)c1nn(CC(=O)Nc2ccncn2)c(=O)c2cc(C3CC3)cn12. The van der Waals surface area contributed by atoms with E-state index in [0.29, 0.717) is 17.3 Å². The zero-order valence-electron chi connectivity index (χ0n) is 14.7. The molecule has 3 aromatic heterocycles. The van der Waals surface area contributed by atoms with Crippen molar-refractivity contribution in [1.29, 1.82) is 0 Å². The van der Waals surface area contributed by atoms with Gasteiger partial charge in [-0.25, -0.2) is 14.6 Å². The molecule has 1 fully saturated rings. The van der Waals surface area contributed by atoms with Gasteiger partial charge in [0.1, 0.15) is 30.0 Å². The third-order valence-corrected chi connectivity index (χ3v) is 4.47. The van der Waals surface area contributed by atoms with Crippen LogP contribution in [0.2, 0.25) is 0 Å². The minimum absolute atomic E-state index is 0.119. The molecular weight excluding hydrogens is 332 g/mol. The summed E-state index contributed by atoms with van der Waals surface area (Å²) in [5.74, 6) is 1.46. The zero-order valence-corrected chi connectivity index (χ0v) is 14.7. The third kappa shape index (κ3) is 3.10. The monoisotopic (exact) mass is 352 g/mol. The van der Waals surface area contributed by atoms with Crippen molar-refractivity contribution in [2.45, 2.75) is 45.1 Å². The molecule has 8 nitrogen and oxygen atoms in total. The number of fused-ring (bicyclic) bond motifs is 1. The molecule has 4 rings (SSSR count). The molecule has 0 unspecified atom stereocenters. The average molecular weight is 352 g/mol. The summed E-state index contributed by atoms with van der Waals surface area (Å²) in [7, 11) is 0. The Hall–Kier alpha value is -3.03. The van der Waals surface area contributed by atoms with Gasteiger partial charge in [0.2, 0.25) is 5.91 Å².